The fourth-order valence-corrected chi connectivity index (χ4v) is 4.47. The van der Waals surface area contributed by atoms with Crippen LogP contribution in [0.25, 0.3) is 55.0 Å². The highest BCUT2D eigenvalue weighted by Crippen LogP contribution is 2.38. The van der Waals surface area contributed by atoms with Crippen molar-refractivity contribution in [3.05, 3.63) is 120 Å². The van der Waals surface area contributed by atoms with Gasteiger partial charge in [0.05, 0.1) is 67.0 Å². The molecule has 0 amide bonds. The van der Waals surface area contributed by atoms with Crippen molar-refractivity contribution >= 4 is 43.6 Å². The summed E-state index contributed by atoms with van der Waals surface area (Å²) in [6.07, 6.45) is 0. The zero-order valence-corrected chi connectivity index (χ0v) is 17.9. The highest BCUT2D eigenvalue weighted by atomic mass is 15.0. The molecule has 0 bridgehead atoms. The van der Waals surface area contributed by atoms with E-state index in [1.54, 1.807) is 0 Å². The number of fused-ring (bicyclic) bond motifs is 6. The highest BCUT2D eigenvalue weighted by molar-refractivity contribution is 6.11. The van der Waals surface area contributed by atoms with E-state index in [-0.39, 0.29) is 60.5 Å². The summed E-state index contributed by atoms with van der Waals surface area (Å²) < 4.78 is 139. The third-order valence-corrected chi connectivity index (χ3v) is 5.88. The monoisotopic (exact) mass is 474 g/mol. The van der Waals surface area contributed by atoms with Gasteiger partial charge in [-0.3, -0.25) is 0 Å². The van der Waals surface area contributed by atoms with Crippen LogP contribution in [-0.2, 0) is 0 Å². The third kappa shape index (κ3) is 2.67. The molecule has 0 aliphatic heterocycles. The molecule has 0 spiro atoms. The molecule has 4 heteroatoms. The van der Waals surface area contributed by atoms with Gasteiger partial charge in [0.15, 0.2) is 0 Å². The van der Waals surface area contributed by atoms with E-state index in [9.17, 15) is 10.5 Å². The molecule has 0 aliphatic carbocycles. The minimum absolute atomic E-state index is 0.239. The van der Waals surface area contributed by atoms with Crippen LogP contribution >= 0.6 is 0 Å². The lowest BCUT2D eigenvalue weighted by Gasteiger charge is -2.16. The minimum Gasteiger partial charge on any atom is -0.308 e. The van der Waals surface area contributed by atoms with Crippen LogP contribution in [0.3, 0.4) is 0 Å². The molecular formula is C32H18N4. The van der Waals surface area contributed by atoms with Gasteiger partial charge in [0.1, 0.15) is 11.6 Å². The summed E-state index contributed by atoms with van der Waals surface area (Å²) in [5.74, 6) is 0. The van der Waals surface area contributed by atoms with E-state index in [0.29, 0.717) is 0 Å². The topological polar surface area (TPSA) is 57.4 Å². The first-order chi connectivity index (χ1) is 24.4. The molecule has 2 heterocycles. The molecule has 0 saturated heterocycles. The maximum Gasteiger partial charge on any atom is 0.104 e. The summed E-state index contributed by atoms with van der Waals surface area (Å²) in [7, 11) is 0. The van der Waals surface area contributed by atoms with Gasteiger partial charge >= 0.3 is 0 Å². The molecule has 0 N–H and O–H groups in total. The smallest absolute Gasteiger partial charge is 0.104 e. The molecule has 7 aromatic rings. The molecule has 0 saturated carbocycles. The fraction of sp³-hybridized carbons (Fsp3) is 0. The lowest BCUT2D eigenvalue weighted by Crippen LogP contribution is -2.05. The number of nitriles is 2. The molecule has 7 rings (SSSR count). The fourth-order valence-electron chi connectivity index (χ4n) is 4.47. The van der Waals surface area contributed by atoms with E-state index >= 15 is 0 Å². The van der Waals surface area contributed by atoms with Crippen LogP contribution in [0, 0.1) is 22.7 Å². The number of rotatable bonds is 2. The maximum atomic E-state index is 10.9. The summed E-state index contributed by atoms with van der Waals surface area (Å²) in [5.41, 5.74) is -2.80. The van der Waals surface area contributed by atoms with Crippen molar-refractivity contribution in [3.8, 4) is 23.5 Å². The van der Waals surface area contributed by atoms with E-state index in [0.717, 1.165) is 21.3 Å². The Morgan fingerprint density at radius 2 is 0.833 bits per heavy atom. The van der Waals surface area contributed by atoms with Crippen molar-refractivity contribution < 1.29 is 21.9 Å². The molecule has 36 heavy (non-hydrogen) atoms. The molecule has 0 fully saturated rings. The van der Waals surface area contributed by atoms with E-state index in [1.807, 2.05) is 12.1 Å². The standard InChI is InChI=1S/C32H18N4/c33-19-21-17-31(35-27-13-5-1-9-22(27)23-10-2-6-14-28(23)35)26(20-34)32(18-21)36-29-15-7-3-11-24(29)25-12-4-8-16-30(25)36/h1-18H/i1D,2D,3D,4D,5D,6D,7D,8D,9D,10D,11D,12D,13D,14D,15D,16D. The average molecular weight is 475 g/mol. The zero-order chi connectivity index (χ0) is 38.1. The summed E-state index contributed by atoms with van der Waals surface area (Å²) in [6.45, 7) is 0. The number of hydrogen-bond acceptors (Lipinski definition) is 2. The third-order valence-electron chi connectivity index (χ3n) is 5.88. The number of aromatic nitrogens is 2. The molecular weight excluding hydrogens is 440 g/mol. The molecule has 0 aliphatic rings. The normalized spacial score (nSPS) is 17.5. The van der Waals surface area contributed by atoms with Crippen LogP contribution < -0.4 is 0 Å². The molecule has 166 valence electrons. The van der Waals surface area contributed by atoms with Gasteiger partial charge in [-0.1, -0.05) is 72.5 Å². The van der Waals surface area contributed by atoms with E-state index in [2.05, 4.69) is 0 Å². The van der Waals surface area contributed by atoms with Gasteiger partial charge < -0.3 is 9.13 Å². The molecule has 0 radical (unpaired) electrons. The van der Waals surface area contributed by atoms with Crippen LogP contribution in [0.15, 0.2) is 109 Å². The molecule has 0 unspecified atom stereocenters. The van der Waals surface area contributed by atoms with E-state index < -0.39 is 102 Å². The Bertz CT molecular complexity index is 2610. The second-order valence-corrected chi connectivity index (χ2v) is 7.68. The largest absolute Gasteiger partial charge is 0.308 e. The Morgan fingerprint density at radius 1 is 0.500 bits per heavy atom. The first-order valence-corrected chi connectivity index (χ1v) is 10.4. The van der Waals surface area contributed by atoms with Gasteiger partial charge in [-0.2, -0.15) is 10.5 Å². The Hall–Kier alpha value is -5.32. The number of hydrogen-bond donors (Lipinski definition) is 0. The first-order valence-electron chi connectivity index (χ1n) is 18.4. The molecule has 5 aromatic carbocycles. The molecule has 2 aromatic heterocycles. The van der Waals surface area contributed by atoms with Gasteiger partial charge in [0.25, 0.3) is 0 Å². The number of para-hydroxylation sites is 4. The first kappa shape index (κ1) is 9.74. The number of benzene rings is 5. The Labute approximate surface area is 229 Å². The molecule has 4 nitrogen and oxygen atoms in total. The van der Waals surface area contributed by atoms with Gasteiger partial charge in [0.2, 0.25) is 0 Å². The lowest BCUT2D eigenvalue weighted by molar-refractivity contribution is 1.11. The van der Waals surface area contributed by atoms with Gasteiger partial charge in [0, 0.05) is 21.5 Å². The van der Waals surface area contributed by atoms with Crippen LogP contribution in [0.5, 0.6) is 0 Å². The molecule has 0 atom stereocenters. The van der Waals surface area contributed by atoms with Crippen molar-refractivity contribution in [1.82, 2.24) is 9.13 Å². The predicted molar refractivity (Wildman–Crippen MR) is 145 cm³/mol. The van der Waals surface area contributed by atoms with Gasteiger partial charge in [-0.25, -0.2) is 0 Å². The Balaban J connectivity index is 1.83. The predicted octanol–water partition coefficient (Wildman–Crippen LogP) is 7.62. The van der Waals surface area contributed by atoms with Crippen molar-refractivity contribution in [1.29, 1.82) is 10.5 Å². The summed E-state index contributed by atoms with van der Waals surface area (Å²) in [4.78, 5) is 0. The van der Waals surface area contributed by atoms with E-state index in [4.69, 9.17) is 21.9 Å². The van der Waals surface area contributed by atoms with Crippen molar-refractivity contribution in [2.24, 2.45) is 0 Å². The quantitative estimate of drug-likeness (QED) is 0.259. The van der Waals surface area contributed by atoms with Crippen LogP contribution in [0.1, 0.15) is 33.1 Å². The van der Waals surface area contributed by atoms with E-state index in [1.165, 1.54) is 0 Å². The minimum atomic E-state index is -0.735. The van der Waals surface area contributed by atoms with Crippen molar-refractivity contribution in [2.45, 2.75) is 0 Å². The number of nitrogens with zero attached hydrogens (tertiary/aromatic N) is 4. The highest BCUT2D eigenvalue weighted by Gasteiger charge is 2.21. The second-order valence-electron chi connectivity index (χ2n) is 7.68. The Kier molecular flexibility index (Phi) is 2.06. The second kappa shape index (κ2) is 7.60. The lowest BCUT2D eigenvalue weighted by atomic mass is 10.1. The maximum absolute atomic E-state index is 10.9. The summed E-state index contributed by atoms with van der Waals surface area (Å²) in [6, 6.07) is -4.89. The Morgan fingerprint density at radius 3 is 1.14 bits per heavy atom. The van der Waals surface area contributed by atoms with Crippen LogP contribution in [-0.4, -0.2) is 9.13 Å². The summed E-state index contributed by atoms with van der Waals surface area (Å²) >= 11 is 0. The van der Waals surface area contributed by atoms with Gasteiger partial charge in [-0.15, -0.1) is 0 Å². The SMILES string of the molecule is [2H]c1c([2H])c([2H])c2c(c1[2H])c1c([2H])c([2H])c([2H])c([2H])c1n2-c1cc(C#N)cc(-n2c3c([2H])c([2H])c([2H])c([2H])c3c3c([2H])c([2H])c([2H])c([2H])c32)c1C#N. The zero-order valence-electron chi connectivity index (χ0n) is 33.9. The van der Waals surface area contributed by atoms with Crippen LogP contribution in [0.2, 0.25) is 0 Å². The average Bonchev–Trinajstić information content (AvgIpc) is 3.69. The summed E-state index contributed by atoms with van der Waals surface area (Å²) in [5, 5.41) is 19.9. The van der Waals surface area contributed by atoms with Crippen molar-refractivity contribution in [3.63, 3.8) is 0 Å². The van der Waals surface area contributed by atoms with Gasteiger partial charge in [-0.05, 0) is 36.3 Å². The van der Waals surface area contributed by atoms with Crippen LogP contribution in [0.4, 0.5) is 0 Å². The van der Waals surface area contributed by atoms with Crippen molar-refractivity contribution in [2.75, 3.05) is 0 Å².